The van der Waals surface area contributed by atoms with E-state index < -0.39 is 0 Å². The van der Waals surface area contributed by atoms with Crippen molar-refractivity contribution in [1.29, 1.82) is 0 Å². The molecule has 2 saturated heterocycles. The van der Waals surface area contributed by atoms with Gasteiger partial charge in [-0.3, -0.25) is 0 Å². The van der Waals surface area contributed by atoms with Crippen molar-refractivity contribution >= 4 is 46.4 Å². The molecule has 2 fully saturated rings. The van der Waals surface area contributed by atoms with Crippen LogP contribution in [-0.4, -0.2) is 69.0 Å². The Morgan fingerprint density at radius 2 is 0.962 bits per heavy atom. The number of rotatable bonds is 6. The topological polar surface area (TPSA) is 63.8 Å². The molecule has 7 heterocycles. The van der Waals surface area contributed by atoms with E-state index in [-0.39, 0.29) is 0 Å². The summed E-state index contributed by atoms with van der Waals surface area (Å²) >= 11 is 0. The molecule has 0 amide bonds. The van der Waals surface area contributed by atoms with Crippen molar-refractivity contribution in [2.75, 3.05) is 39.3 Å². The lowest BCUT2D eigenvalue weighted by Crippen LogP contribution is -2.34. The first-order chi connectivity index (χ1) is 25.7. The van der Waals surface area contributed by atoms with Crippen molar-refractivity contribution in [3.05, 3.63) is 119 Å². The normalized spacial score (nSPS) is 19.3. The van der Waals surface area contributed by atoms with Gasteiger partial charge in [-0.25, -0.2) is 9.97 Å². The van der Waals surface area contributed by atoms with Gasteiger partial charge in [0.05, 0.1) is 22.8 Å². The molecule has 9 rings (SSSR count). The number of aromatic amines is 2. The molecule has 8 bridgehead atoms. The minimum absolute atomic E-state index is 0.365. The van der Waals surface area contributed by atoms with Gasteiger partial charge in [0, 0.05) is 69.2 Å². The number of benzene rings is 2. The van der Waals surface area contributed by atoms with Crippen LogP contribution in [0, 0.1) is 0 Å². The van der Waals surface area contributed by atoms with E-state index in [2.05, 4.69) is 143 Å². The van der Waals surface area contributed by atoms with Crippen molar-refractivity contribution in [1.82, 2.24) is 29.7 Å². The highest BCUT2D eigenvalue weighted by Crippen LogP contribution is 2.39. The summed E-state index contributed by atoms with van der Waals surface area (Å²) in [5, 5.41) is 0. The van der Waals surface area contributed by atoms with E-state index in [1.807, 2.05) is 0 Å². The van der Waals surface area contributed by atoms with E-state index in [9.17, 15) is 0 Å². The van der Waals surface area contributed by atoms with E-state index in [1.165, 1.54) is 29.5 Å². The van der Waals surface area contributed by atoms with Gasteiger partial charge in [0.25, 0.3) is 0 Å². The summed E-state index contributed by atoms with van der Waals surface area (Å²) in [6.07, 6.45) is 13.7. The largest absolute Gasteiger partial charge is 0.355 e. The number of likely N-dealkylation sites (N-methyl/N-ethyl adjacent to an activating group) is 2. The fraction of sp³-hybridized carbons (Fsp3) is 0.304. The molecule has 5 aromatic rings. The standard InChI is InChI=1S/C46H48N6/c1-3-51-27-11-17-33(29-51)45-39-23-21-37(48-39)43(31-13-7-5-8-14-31)35-19-20-36(47-35)44(32-15-9-6-10-16-32)38-22-24-40(49-38)46(42-26-25-41(45)50-42)34-18-12-28-52(4-2)30-34/h5-10,13-16,19-26,33-34,47-48H,3-4,11-12,17-18,27-30H2,1-2H3. The summed E-state index contributed by atoms with van der Waals surface area (Å²) in [4.78, 5) is 24.2. The Labute approximate surface area is 307 Å². The van der Waals surface area contributed by atoms with E-state index in [4.69, 9.17) is 9.97 Å². The lowest BCUT2D eigenvalue weighted by Gasteiger charge is -2.32. The first-order valence-corrected chi connectivity index (χ1v) is 19.4. The maximum Gasteiger partial charge on any atom is 0.0737 e. The summed E-state index contributed by atoms with van der Waals surface area (Å²) in [5.74, 6) is 0.753. The predicted molar refractivity (Wildman–Crippen MR) is 218 cm³/mol. The number of hydrogen-bond donors (Lipinski definition) is 2. The molecular weight excluding hydrogens is 637 g/mol. The monoisotopic (exact) mass is 684 g/mol. The Morgan fingerprint density at radius 3 is 1.54 bits per heavy atom. The van der Waals surface area contributed by atoms with Gasteiger partial charge in [-0.2, -0.15) is 0 Å². The minimum atomic E-state index is 0.365. The molecule has 4 aliphatic rings. The molecule has 262 valence electrons. The van der Waals surface area contributed by atoms with Crippen LogP contribution in [0.25, 0.3) is 68.6 Å². The molecule has 2 unspecified atom stereocenters. The maximum atomic E-state index is 5.60. The van der Waals surface area contributed by atoms with Crippen LogP contribution in [0.1, 0.15) is 85.3 Å². The molecule has 0 spiro atoms. The number of piperidine rings is 2. The van der Waals surface area contributed by atoms with E-state index in [0.717, 1.165) is 114 Å². The molecule has 52 heavy (non-hydrogen) atoms. The average Bonchev–Trinajstić information content (AvgIpc) is 4.04. The number of hydrogen-bond acceptors (Lipinski definition) is 4. The lowest BCUT2D eigenvalue weighted by atomic mass is 9.88. The van der Waals surface area contributed by atoms with E-state index in [0.29, 0.717) is 11.8 Å². The van der Waals surface area contributed by atoms with Crippen molar-refractivity contribution in [3.63, 3.8) is 0 Å². The Bertz CT molecular complexity index is 2310. The summed E-state index contributed by atoms with van der Waals surface area (Å²) in [5.41, 5.74) is 15.7. The zero-order valence-electron chi connectivity index (χ0n) is 30.4. The second kappa shape index (κ2) is 14.2. The van der Waals surface area contributed by atoms with Gasteiger partial charge in [0.2, 0.25) is 0 Å². The highest BCUT2D eigenvalue weighted by molar-refractivity contribution is 5.97. The van der Waals surface area contributed by atoms with Gasteiger partial charge in [0.15, 0.2) is 0 Å². The smallest absolute Gasteiger partial charge is 0.0737 e. The number of aromatic nitrogens is 4. The van der Waals surface area contributed by atoms with E-state index in [1.54, 1.807) is 0 Å². The molecule has 0 radical (unpaired) electrons. The number of likely N-dealkylation sites (tertiary alicyclic amines) is 2. The molecule has 0 aliphatic carbocycles. The van der Waals surface area contributed by atoms with Crippen LogP contribution in [0.15, 0.2) is 84.9 Å². The zero-order chi connectivity index (χ0) is 35.0. The third kappa shape index (κ3) is 6.14. The quantitative estimate of drug-likeness (QED) is 0.183. The fourth-order valence-corrected chi connectivity index (χ4v) is 9.08. The Hall–Kier alpha value is -5.04. The molecule has 2 atom stereocenters. The fourth-order valence-electron chi connectivity index (χ4n) is 9.08. The molecule has 0 saturated carbocycles. The van der Waals surface area contributed by atoms with Crippen LogP contribution in [0.3, 0.4) is 0 Å². The number of nitrogens with one attached hydrogen (secondary N) is 2. The lowest BCUT2D eigenvalue weighted by molar-refractivity contribution is 0.217. The third-order valence-electron chi connectivity index (χ3n) is 11.7. The molecule has 4 aliphatic heterocycles. The predicted octanol–water partition coefficient (Wildman–Crippen LogP) is 10.4. The first-order valence-electron chi connectivity index (χ1n) is 19.4. The third-order valence-corrected chi connectivity index (χ3v) is 11.7. The number of H-pyrrole nitrogens is 2. The van der Waals surface area contributed by atoms with Gasteiger partial charge < -0.3 is 19.8 Å². The highest BCUT2D eigenvalue weighted by atomic mass is 15.1. The summed E-state index contributed by atoms with van der Waals surface area (Å²) in [7, 11) is 0. The molecule has 2 aromatic carbocycles. The van der Waals surface area contributed by atoms with Crippen LogP contribution >= 0.6 is 0 Å². The summed E-state index contributed by atoms with van der Waals surface area (Å²) in [6.45, 7) is 11.1. The Kier molecular flexibility index (Phi) is 8.95. The van der Waals surface area contributed by atoms with Crippen molar-refractivity contribution < 1.29 is 0 Å². The van der Waals surface area contributed by atoms with Gasteiger partial charge in [-0.1, -0.05) is 74.5 Å². The van der Waals surface area contributed by atoms with Crippen molar-refractivity contribution in [2.45, 2.75) is 51.4 Å². The minimum Gasteiger partial charge on any atom is -0.355 e. The first kappa shape index (κ1) is 32.8. The molecular formula is C46H48N6. The number of fused-ring (bicyclic) bond motifs is 8. The highest BCUT2D eigenvalue weighted by Gasteiger charge is 2.29. The zero-order valence-corrected chi connectivity index (χ0v) is 30.4. The van der Waals surface area contributed by atoms with Gasteiger partial charge in [-0.15, -0.1) is 0 Å². The van der Waals surface area contributed by atoms with Gasteiger partial charge in [0.1, 0.15) is 0 Å². The van der Waals surface area contributed by atoms with Crippen LogP contribution in [0.2, 0.25) is 0 Å². The SMILES string of the molecule is CCN1CCCC(c2c3nc(c(-c4ccccc4)c4ccc([nH]4)c(-c4ccccc4)c4ccc([nH]4)c(C4CCCN(CC)C4)c4nc2C=C4)C=C3)C1. The number of nitrogens with zero attached hydrogens (tertiary/aromatic N) is 4. The van der Waals surface area contributed by atoms with Gasteiger partial charge in [-0.05, 0) is 112 Å². The summed E-state index contributed by atoms with van der Waals surface area (Å²) < 4.78 is 0. The van der Waals surface area contributed by atoms with E-state index >= 15 is 0 Å². The van der Waals surface area contributed by atoms with Crippen LogP contribution < -0.4 is 0 Å². The molecule has 6 nitrogen and oxygen atoms in total. The maximum absolute atomic E-state index is 5.60. The Morgan fingerprint density at radius 1 is 0.519 bits per heavy atom. The second-order valence-corrected chi connectivity index (χ2v) is 14.8. The average molecular weight is 685 g/mol. The Balaban J connectivity index is 1.40. The molecule has 2 N–H and O–H groups in total. The molecule has 6 heteroatoms. The van der Waals surface area contributed by atoms with Crippen molar-refractivity contribution in [3.8, 4) is 22.3 Å². The summed E-state index contributed by atoms with van der Waals surface area (Å²) in [6, 6.07) is 30.5. The van der Waals surface area contributed by atoms with Crippen LogP contribution in [-0.2, 0) is 0 Å². The van der Waals surface area contributed by atoms with Gasteiger partial charge >= 0.3 is 0 Å². The second-order valence-electron chi connectivity index (χ2n) is 14.8. The molecule has 3 aromatic heterocycles. The van der Waals surface area contributed by atoms with Crippen LogP contribution in [0.4, 0.5) is 0 Å². The van der Waals surface area contributed by atoms with Crippen molar-refractivity contribution in [2.24, 2.45) is 0 Å². The van der Waals surface area contributed by atoms with Crippen LogP contribution in [0.5, 0.6) is 0 Å².